The SMILES string of the molecule is CC(CC(=O)NC1(CO)CCOCC1)C1CCCNC1. The lowest BCUT2D eigenvalue weighted by atomic mass is 9.84. The normalized spacial score (nSPS) is 27.8. The molecule has 0 aromatic rings. The highest BCUT2D eigenvalue weighted by atomic mass is 16.5. The number of carbonyl (C=O) groups excluding carboxylic acids is 1. The summed E-state index contributed by atoms with van der Waals surface area (Å²) in [4.78, 5) is 12.2. The van der Waals surface area contributed by atoms with E-state index in [9.17, 15) is 9.90 Å². The van der Waals surface area contributed by atoms with Gasteiger partial charge in [-0.25, -0.2) is 0 Å². The van der Waals surface area contributed by atoms with Gasteiger partial charge in [0.15, 0.2) is 0 Å². The summed E-state index contributed by atoms with van der Waals surface area (Å²) in [5.41, 5.74) is -0.458. The summed E-state index contributed by atoms with van der Waals surface area (Å²) in [7, 11) is 0. The summed E-state index contributed by atoms with van der Waals surface area (Å²) in [6.45, 7) is 5.51. The van der Waals surface area contributed by atoms with Gasteiger partial charge in [0, 0.05) is 19.6 Å². The smallest absolute Gasteiger partial charge is 0.220 e. The molecular weight excluding hydrogens is 256 g/mol. The van der Waals surface area contributed by atoms with Gasteiger partial charge in [0.05, 0.1) is 12.1 Å². The number of ether oxygens (including phenoxy) is 1. The largest absolute Gasteiger partial charge is 0.394 e. The molecule has 2 atom stereocenters. The second-order valence-corrected chi connectivity index (χ2v) is 6.39. The highest BCUT2D eigenvalue weighted by Crippen LogP contribution is 2.24. The lowest BCUT2D eigenvalue weighted by Gasteiger charge is -2.37. The second kappa shape index (κ2) is 7.38. The molecule has 2 aliphatic heterocycles. The monoisotopic (exact) mass is 284 g/mol. The first-order chi connectivity index (χ1) is 9.65. The first kappa shape index (κ1) is 15.7. The summed E-state index contributed by atoms with van der Waals surface area (Å²) in [6, 6.07) is 0. The van der Waals surface area contributed by atoms with Crippen LogP contribution in [-0.2, 0) is 9.53 Å². The fourth-order valence-corrected chi connectivity index (χ4v) is 3.26. The molecule has 5 heteroatoms. The van der Waals surface area contributed by atoms with E-state index < -0.39 is 5.54 Å². The van der Waals surface area contributed by atoms with Crippen LogP contribution in [0.4, 0.5) is 0 Å². The molecule has 0 radical (unpaired) electrons. The summed E-state index contributed by atoms with van der Waals surface area (Å²) < 4.78 is 5.31. The number of rotatable bonds is 5. The van der Waals surface area contributed by atoms with Crippen molar-refractivity contribution < 1.29 is 14.6 Å². The number of amides is 1. The van der Waals surface area contributed by atoms with E-state index in [1.54, 1.807) is 0 Å². The molecule has 1 amide bonds. The van der Waals surface area contributed by atoms with Gasteiger partial charge in [-0.05, 0) is 50.6 Å². The van der Waals surface area contributed by atoms with Crippen molar-refractivity contribution in [2.24, 2.45) is 11.8 Å². The van der Waals surface area contributed by atoms with Crippen LogP contribution in [0.5, 0.6) is 0 Å². The summed E-state index contributed by atoms with van der Waals surface area (Å²) >= 11 is 0. The molecule has 5 nitrogen and oxygen atoms in total. The third-order valence-electron chi connectivity index (χ3n) is 4.80. The second-order valence-electron chi connectivity index (χ2n) is 6.39. The molecule has 2 heterocycles. The van der Waals surface area contributed by atoms with Crippen molar-refractivity contribution in [1.29, 1.82) is 0 Å². The van der Waals surface area contributed by atoms with Gasteiger partial charge in [0.25, 0.3) is 0 Å². The maximum absolute atomic E-state index is 12.2. The van der Waals surface area contributed by atoms with Crippen LogP contribution in [-0.4, -0.2) is 49.5 Å². The van der Waals surface area contributed by atoms with Crippen LogP contribution in [0.1, 0.15) is 39.0 Å². The highest BCUT2D eigenvalue weighted by molar-refractivity contribution is 5.77. The van der Waals surface area contributed by atoms with Crippen molar-refractivity contribution in [3.8, 4) is 0 Å². The number of hydrogen-bond donors (Lipinski definition) is 3. The Bertz CT molecular complexity index is 310. The standard InChI is InChI=1S/C15H28N2O3/c1-12(13-3-2-6-16-10-13)9-14(19)17-15(11-18)4-7-20-8-5-15/h12-13,16,18H,2-11H2,1H3,(H,17,19). The molecule has 2 fully saturated rings. The van der Waals surface area contributed by atoms with Crippen molar-refractivity contribution in [1.82, 2.24) is 10.6 Å². The van der Waals surface area contributed by atoms with E-state index >= 15 is 0 Å². The molecule has 3 N–H and O–H groups in total. The number of carbonyl (C=O) groups is 1. The highest BCUT2D eigenvalue weighted by Gasteiger charge is 2.34. The molecule has 0 spiro atoms. The number of aliphatic hydroxyl groups excluding tert-OH is 1. The lowest BCUT2D eigenvalue weighted by molar-refractivity contribution is -0.126. The van der Waals surface area contributed by atoms with Gasteiger partial charge in [0.1, 0.15) is 0 Å². The molecular formula is C15H28N2O3. The average Bonchev–Trinajstić information content (AvgIpc) is 2.49. The van der Waals surface area contributed by atoms with E-state index in [1.807, 2.05) is 0 Å². The Balaban J connectivity index is 1.81. The molecule has 0 bridgehead atoms. The Morgan fingerprint density at radius 2 is 2.25 bits per heavy atom. The van der Waals surface area contributed by atoms with Crippen molar-refractivity contribution in [3.05, 3.63) is 0 Å². The Morgan fingerprint density at radius 1 is 1.50 bits per heavy atom. The minimum absolute atomic E-state index is 0.00145. The van der Waals surface area contributed by atoms with E-state index in [-0.39, 0.29) is 12.5 Å². The van der Waals surface area contributed by atoms with Crippen molar-refractivity contribution >= 4 is 5.91 Å². The van der Waals surface area contributed by atoms with Crippen LogP contribution in [0.2, 0.25) is 0 Å². The maximum atomic E-state index is 12.2. The Labute approximate surface area is 121 Å². The van der Waals surface area contributed by atoms with Crippen LogP contribution in [0.15, 0.2) is 0 Å². The van der Waals surface area contributed by atoms with E-state index in [0.29, 0.717) is 44.3 Å². The molecule has 2 aliphatic rings. The lowest BCUT2D eigenvalue weighted by Crippen LogP contribution is -2.55. The zero-order valence-corrected chi connectivity index (χ0v) is 12.5. The molecule has 2 rings (SSSR count). The molecule has 2 unspecified atom stereocenters. The van der Waals surface area contributed by atoms with E-state index in [4.69, 9.17) is 4.74 Å². The first-order valence-electron chi connectivity index (χ1n) is 7.85. The van der Waals surface area contributed by atoms with E-state index in [2.05, 4.69) is 17.6 Å². The first-order valence-corrected chi connectivity index (χ1v) is 7.85. The van der Waals surface area contributed by atoms with E-state index in [1.165, 1.54) is 12.8 Å². The predicted molar refractivity (Wildman–Crippen MR) is 77.4 cm³/mol. The number of hydrogen-bond acceptors (Lipinski definition) is 4. The van der Waals surface area contributed by atoms with Gasteiger partial charge in [-0.3, -0.25) is 4.79 Å². The summed E-state index contributed by atoms with van der Waals surface area (Å²) in [5.74, 6) is 1.05. The molecule has 2 saturated heterocycles. The minimum Gasteiger partial charge on any atom is -0.394 e. The third-order valence-corrected chi connectivity index (χ3v) is 4.80. The van der Waals surface area contributed by atoms with Gasteiger partial charge >= 0.3 is 0 Å². The molecule has 20 heavy (non-hydrogen) atoms. The van der Waals surface area contributed by atoms with Gasteiger partial charge in [0.2, 0.25) is 5.91 Å². The summed E-state index contributed by atoms with van der Waals surface area (Å²) in [6.07, 6.45) is 4.37. The zero-order chi connectivity index (χ0) is 14.4. The molecule has 0 aliphatic carbocycles. The number of nitrogens with one attached hydrogen (secondary N) is 2. The van der Waals surface area contributed by atoms with Crippen LogP contribution in [0.3, 0.4) is 0 Å². The molecule has 116 valence electrons. The molecule has 0 aromatic carbocycles. The number of piperidine rings is 1. The van der Waals surface area contributed by atoms with Gasteiger partial charge in [-0.1, -0.05) is 6.92 Å². The van der Waals surface area contributed by atoms with Gasteiger partial charge in [-0.15, -0.1) is 0 Å². The fourth-order valence-electron chi connectivity index (χ4n) is 3.26. The molecule has 0 aromatic heterocycles. The van der Waals surface area contributed by atoms with Crippen LogP contribution in [0, 0.1) is 11.8 Å². The van der Waals surface area contributed by atoms with Crippen LogP contribution in [0.25, 0.3) is 0 Å². The molecule has 0 saturated carbocycles. The van der Waals surface area contributed by atoms with Crippen LogP contribution < -0.4 is 10.6 Å². The summed E-state index contributed by atoms with van der Waals surface area (Å²) in [5, 5.41) is 16.1. The van der Waals surface area contributed by atoms with Crippen molar-refractivity contribution in [2.45, 2.75) is 44.6 Å². The van der Waals surface area contributed by atoms with E-state index in [0.717, 1.165) is 13.1 Å². The predicted octanol–water partition coefficient (Wildman–Crippen LogP) is 0.670. The van der Waals surface area contributed by atoms with Crippen LogP contribution >= 0.6 is 0 Å². The van der Waals surface area contributed by atoms with Crippen molar-refractivity contribution in [3.63, 3.8) is 0 Å². The minimum atomic E-state index is -0.458. The third kappa shape index (κ3) is 4.17. The fraction of sp³-hybridized carbons (Fsp3) is 0.933. The number of aliphatic hydroxyl groups is 1. The zero-order valence-electron chi connectivity index (χ0n) is 12.5. The quantitative estimate of drug-likeness (QED) is 0.694. The van der Waals surface area contributed by atoms with Gasteiger partial charge < -0.3 is 20.5 Å². The Morgan fingerprint density at radius 3 is 2.85 bits per heavy atom. The Kier molecular flexibility index (Phi) is 5.81. The maximum Gasteiger partial charge on any atom is 0.220 e. The topological polar surface area (TPSA) is 70.6 Å². The average molecular weight is 284 g/mol. The Hall–Kier alpha value is -0.650. The van der Waals surface area contributed by atoms with Gasteiger partial charge in [-0.2, -0.15) is 0 Å². The van der Waals surface area contributed by atoms with Crippen molar-refractivity contribution in [2.75, 3.05) is 32.9 Å².